The zero-order chi connectivity index (χ0) is 13.3. The summed E-state index contributed by atoms with van der Waals surface area (Å²) in [5.74, 6) is 0. The highest BCUT2D eigenvalue weighted by molar-refractivity contribution is 4.62. The number of hydrogen-bond donors (Lipinski definition) is 1. The van der Waals surface area contributed by atoms with Crippen LogP contribution in [-0.2, 0) is 4.74 Å². The molecule has 0 rings (SSSR count). The van der Waals surface area contributed by atoms with Crippen molar-refractivity contribution in [3.8, 4) is 0 Å². The molecule has 0 saturated heterocycles. The highest BCUT2D eigenvalue weighted by Gasteiger charge is 2.27. The van der Waals surface area contributed by atoms with Crippen molar-refractivity contribution in [3.63, 3.8) is 0 Å². The molecule has 1 unspecified atom stereocenters. The monoisotopic (exact) mass is 257 g/mol. The van der Waals surface area contributed by atoms with Gasteiger partial charge in [-0.05, 0) is 13.5 Å². The van der Waals surface area contributed by atoms with Crippen LogP contribution < -0.4 is 0 Å². The first-order valence-corrected chi connectivity index (χ1v) is 5.86. The Bertz CT molecular complexity index is 188. The number of alkyl halides is 3. The van der Waals surface area contributed by atoms with Crippen LogP contribution in [0.1, 0.15) is 26.2 Å². The maximum Gasteiger partial charge on any atom is 0.390 e. The van der Waals surface area contributed by atoms with Gasteiger partial charge in [-0.2, -0.15) is 13.2 Å². The number of aliphatic hydroxyl groups is 1. The lowest BCUT2D eigenvalue weighted by Crippen LogP contribution is -2.34. The fourth-order valence-corrected chi connectivity index (χ4v) is 1.29. The van der Waals surface area contributed by atoms with E-state index in [4.69, 9.17) is 4.74 Å². The van der Waals surface area contributed by atoms with Gasteiger partial charge in [0.25, 0.3) is 0 Å². The number of unbranched alkanes of at least 4 members (excludes halogenated alkanes) is 1. The Hall–Kier alpha value is -0.330. The number of aliphatic hydroxyl groups excluding tert-OH is 1. The molecule has 0 aliphatic carbocycles. The van der Waals surface area contributed by atoms with Crippen LogP contribution in [0.15, 0.2) is 0 Å². The van der Waals surface area contributed by atoms with E-state index >= 15 is 0 Å². The molecule has 0 radical (unpaired) electrons. The Kier molecular flexibility index (Phi) is 8.55. The van der Waals surface area contributed by atoms with Gasteiger partial charge in [-0.1, -0.05) is 13.3 Å². The molecule has 0 spiro atoms. The SMILES string of the molecule is CCCCOCC(O)CN(C)CCC(F)(F)F. The summed E-state index contributed by atoms with van der Waals surface area (Å²) >= 11 is 0. The molecule has 0 fully saturated rings. The Morgan fingerprint density at radius 1 is 1.35 bits per heavy atom. The second-order valence-corrected chi connectivity index (χ2v) is 4.21. The van der Waals surface area contributed by atoms with Crippen LogP contribution in [0.3, 0.4) is 0 Å². The number of halogens is 3. The van der Waals surface area contributed by atoms with Crippen LogP contribution in [0.5, 0.6) is 0 Å². The minimum absolute atomic E-state index is 0.102. The Morgan fingerprint density at radius 3 is 2.53 bits per heavy atom. The average molecular weight is 257 g/mol. The maximum atomic E-state index is 11.9. The second kappa shape index (κ2) is 8.72. The van der Waals surface area contributed by atoms with E-state index < -0.39 is 18.7 Å². The minimum atomic E-state index is -4.14. The van der Waals surface area contributed by atoms with E-state index in [0.717, 1.165) is 12.8 Å². The van der Waals surface area contributed by atoms with E-state index in [9.17, 15) is 18.3 Å². The van der Waals surface area contributed by atoms with Gasteiger partial charge in [0.05, 0.1) is 19.1 Å². The highest BCUT2D eigenvalue weighted by atomic mass is 19.4. The summed E-state index contributed by atoms with van der Waals surface area (Å²) in [6.45, 7) is 2.89. The fraction of sp³-hybridized carbons (Fsp3) is 1.00. The highest BCUT2D eigenvalue weighted by Crippen LogP contribution is 2.19. The molecule has 1 N–H and O–H groups in total. The molecule has 17 heavy (non-hydrogen) atoms. The van der Waals surface area contributed by atoms with E-state index in [1.165, 1.54) is 4.90 Å². The van der Waals surface area contributed by atoms with Crippen LogP contribution in [0, 0.1) is 0 Å². The summed E-state index contributed by atoms with van der Waals surface area (Å²) in [7, 11) is 1.56. The normalized spacial score (nSPS) is 14.3. The Balaban J connectivity index is 3.55. The molecule has 0 aromatic heterocycles. The maximum absolute atomic E-state index is 11.9. The number of ether oxygens (including phenoxy) is 1. The molecule has 0 aliphatic heterocycles. The van der Waals surface area contributed by atoms with Crippen LogP contribution in [-0.4, -0.2) is 55.6 Å². The first-order chi connectivity index (χ1) is 7.85. The molecular formula is C11H22F3NO2. The standard InChI is InChI=1S/C11H22F3NO2/c1-3-4-7-17-9-10(16)8-15(2)6-5-11(12,13)14/h10,16H,3-9H2,1-2H3. The second-order valence-electron chi connectivity index (χ2n) is 4.21. The molecule has 0 aliphatic rings. The summed E-state index contributed by atoms with van der Waals surface area (Å²) < 4.78 is 41.0. The van der Waals surface area contributed by atoms with Crippen LogP contribution >= 0.6 is 0 Å². The summed E-state index contributed by atoms with van der Waals surface area (Å²) in [6, 6.07) is 0. The zero-order valence-electron chi connectivity index (χ0n) is 10.5. The lowest BCUT2D eigenvalue weighted by atomic mass is 10.3. The van der Waals surface area contributed by atoms with Gasteiger partial charge in [0.15, 0.2) is 0 Å². The van der Waals surface area contributed by atoms with Crippen LogP contribution in [0.25, 0.3) is 0 Å². The van der Waals surface area contributed by atoms with Crippen molar-refractivity contribution in [1.82, 2.24) is 4.90 Å². The lowest BCUT2D eigenvalue weighted by Gasteiger charge is -2.21. The summed E-state index contributed by atoms with van der Waals surface area (Å²) in [4.78, 5) is 1.46. The van der Waals surface area contributed by atoms with Crippen molar-refractivity contribution in [2.75, 3.05) is 33.4 Å². The van der Waals surface area contributed by atoms with Crippen molar-refractivity contribution in [2.24, 2.45) is 0 Å². The van der Waals surface area contributed by atoms with Crippen LogP contribution in [0.2, 0.25) is 0 Å². The average Bonchev–Trinajstić information content (AvgIpc) is 2.21. The van der Waals surface area contributed by atoms with E-state index in [1.54, 1.807) is 7.05 Å². The molecule has 0 heterocycles. The third-order valence-corrected chi connectivity index (χ3v) is 2.25. The predicted molar refractivity (Wildman–Crippen MR) is 59.9 cm³/mol. The van der Waals surface area contributed by atoms with E-state index in [2.05, 4.69) is 0 Å². The van der Waals surface area contributed by atoms with Gasteiger partial charge in [-0.15, -0.1) is 0 Å². The Labute approximate surface area is 101 Å². The first kappa shape index (κ1) is 16.7. The van der Waals surface area contributed by atoms with Gasteiger partial charge in [-0.3, -0.25) is 0 Å². The summed E-state index contributed by atoms with van der Waals surface area (Å²) in [5, 5.41) is 9.50. The molecule has 6 heteroatoms. The molecule has 3 nitrogen and oxygen atoms in total. The van der Waals surface area contributed by atoms with Gasteiger partial charge < -0.3 is 14.7 Å². The van der Waals surface area contributed by atoms with Crippen molar-refractivity contribution < 1.29 is 23.0 Å². The molecule has 1 atom stereocenters. The van der Waals surface area contributed by atoms with Crippen molar-refractivity contribution in [1.29, 1.82) is 0 Å². The largest absolute Gasteiger partial charge is 0.390 e. The number of nitrogens with zero attached hydrogens (tertiary/aromatic N) is 1. The van der Waals surface area contributed by atoms with E-state index in [0.29, 0.717) is 6.61 Å². The zero-order valence-corrected chi connectivity index (χ0v) is 10.5. The molecule has 0 bridgehead atoms. The van der Waals surface area contributed by atoms with Crippen molar-refractivity contribution in [3.05, 3.63) is 0 Å². The Morgan fingerprint density at radius 2 is 2.00 bits per heavy atom. The quantitative estimate of drug-likeness (QED) is 0.642. The predicted octanol–water partition coefficient (Wildman–Crippen LogP) is 2.05. The molecule has 104 valence electrons. The van der Waals surface area contributed by atoms with Gasteiger partial charge in [0.1, 0.15) is 0 Å². The number of likely N-dealkylation sites (N-methyl/N-ethyl adjacent to an activating group) is 1. The first-order valence-electron chi connectivity index (χ1n) is 5.86. The van der Waals surface area contributed by atoms with E-state index in [-0.39, 0.29) is 19.7 Å². The van der Waals surface area contributed by atoms with E-state index in [1.807, 2.05) is 6.92 Å². The van der Waals surface area contributed by atoms with Gasteiger partial charge in [0.2, 0.25) is 0 Å². The number of rotatable bonds is 9. The lowest BCUT2D eigenvalue weighted by molar-refractivity contribution is -0.138. The minimum Gasteiger partial charge on any atom is -0.389 e. The molecule has 0 saturated carbocycles. The summed E-state index contributed by atoms with van der Waals surface area (Å²) in [5.41, 5.74) is 0. The third-order valence-electron chi connectivity index (χ3n) is 2.25. The van der Waals surface area contributed by atoms with Gasteiger partial charge >= 0.3 is 6.18 Å². The van der Waals surface area contributed by atoms with Gasteiger partial charge in [0, 0.05) is 19.7 Å². The topological polar surface area (TPSA) is 32.7 Å². The molecule has 0 amide bonds. The number of hydrogen-bond acceptors (Lipinski definition) is 3. The molecule has 0 aromatic carbocycles. The van der Waals surface area contributed by atoms with Gasteiger partial charge in [-0.25, -0.2) is 0 Å². The van der Waals surface area contributed by atoms with Crippen molar-refractivity contribution >= 4 is 0 Å². The molecular weight excluding hydrogens is 235 g/mol. The van der Waals surface area contributed by atoms with Crippen molar-refractivity contribution in [2.45, 2.75) is 38.5 Å². The fourth-order valence-electron chi connectivity index (χ4n) is 1.29. The molecule has 0 aromatic rings. The third kappa shape index (κ3) is 11.9. The van der Waals surface area contributed by atoms with Crippen LogP contribution in [0.4, 0.5) is 13.2 Å². The smallest absolute Gasteiger partial charge is 0.389 e. The summed E-state index contributed by atoms with van der Waals surface area (Å²) in [6.07, 6.45) is -3.79.